The van der Waals surface area contributed by atoms with Crippen LogP contribution in [0.5, 0.6) is 5.88 Å². The van der Waals surface area contributed by atoms with Crippen LogP contribution in [0.4, 0.5) is 18.9 Å². The molecule has 1 rings (SSSR count). The second kappa shape index (κ2) is 4.96. The molecule has 0 saturated carbocycles. The lowest BCUT2D eigenvalue weighted by molar-refractivity contribution is -0.385. The number of aromatic nitrogens is 1. The lowest BCUT2D eigenvalue weighted by Crippen LogP contribution is -2.23. The third-order valence-corrected chi connectivity index (χ3v) is 1.79. The van der Waals surface area contributed by atoms with E-state index in [2.05, 4.69) is 9.47 Å². The van der Waals surface area contributed by atoms with Gasteiger partial charge in [0, 0.05) is 0 Å². The number of aromatic amines is 1. The van der Waals surface area contributed by atoms with E-state index in [0.29, 0.717) is 6.07 Å². The minimum Gasteiger partial charge on any atom is -0.465 e. The van der Waals surface area contributed by atoms with Gasteiger partial charge in [-0.3, -0.25) is 19.9 Å². The first-order valence-corrected chi connectivity index (χ1v) is 4.41. The largest absolute Gasteiger partial charge is 0.574 e. The molecular weight excluding hydrogens is 277 g/mol. The molecule has 11 heteroatoms. The molecule has 0 amide bonds. The Kier molecular flexibility index (Phi) is 3.77. The van der Waals surface area contributed by atoms with E-state index in [9.17, 15) is 32.9 Å². The second-order valence-electron chi connectivity index (χ2n) is 3.02. The number of methoxy groups -OCH3 is 1. The Bertz CT molecular complexity index is 579. The maximum atomic E-state index is 12.1. The predicted octanol–water partition coefficient (Wildman–Crippen LogP) is 0.968. The average molecular weight is 282 g/mol. The monoisotopic (exact) mass is 282 g/mol. The van der Waals surface area contributed by atoms with Crippen LogP contribution < -0.4 is 10.3 Å². The maximum absolute atomic E-state index is 12.1. The molecule has 1 aromatic rings. The van der Waals surface area contributed by atoms with Gasteiger partial charge in [0.05, 0.1) is 18.1 Å². The zero-order chi connectivity index (χ0) is 14.8. The van der Waals surface area contributed by atoms with Crippen LogP contribution in [0.1, 0.15) is 10.4 Å². The van der Waals surface area contributed by atoms with Crippen LogP contribution in [-0.4, -0.2) is 29.3 Å². The topological polar surface area (TPSA) is 112 Å². The molecule has 0 atom stereocenters. The standard InChI is InChI=1S/C8H5F3N2O6/c1-18-7(15)5-3(13(16)17)2-4(14)12-6(5)19-8(9,10)11/h2H,1H3,(H,12,14). The number of esters is 1. The van der Waals surface area contributed by atoms with Gasteiger partial charge in [0.25, 0.3) is 11.2 Å². The number of nitro groups is 1. The van der Waals surface area contributed by atoms with Crippen molar-refractivity contribution < 1.29 is 32.4 Å². The molecule has 0 radical (unpaired) electrons. The van der Waals surface area contributed by atoms with Gasteiger partial charge >= 0.3 is 12.3 Å². The molecule has 104 valence electrons. The number of nitrogens with zero attached hydrogens (tertiary/aromatic N) is 1. The first-order valence-electron chi connectivity index (χ1n) is 4.41. The Morgan fingerprint density at radius 2 is 2.05 bits per heavy atom. The van der Waals surface area contributed by atoms with Gasteiger partial charge in [-0.2, -0.15) is 0 Å². The minimum absolute atomic E-state index is 0.343. The van der Waals surface area contributed by atoms with Crippen molar-refractivity contribution in [2.45, 2.75) is 6.36 Å². The number of hydrogen-bond donors (Lipinski definition) is 1. The van der Waals surface area contributed by atoms with Gasteiger partial charge in [-0.15, -0.1) is 13.2 Å². The number of pyridine rings is 1. The van der Waals surface area contributed by atoms with Gasteiger partial charge in [0.1, 0.15) is 0 Å². The van der Waals surface area contributed by atoms with Gasteiger partial charge < -0.3 is 9.47 Å². The number of halogens is 3. The zero-order valence-corrected chi connectivity index (χ0v) is 9.11. The summed E-state index contributed by atoms with van der Waals surface area (Å²) in [4.78, 5) is 33.2. The first-order chi connectivity index (χ1) is 8.65. The number of carbonyl (C=O) groups is 1. The first kappa shape index (κ1) is 14.5. The van der Waals surface area contributed by atoms with Crippen LogP contribution in [0.25, 0.3) is 0 Å². The van der Waals surface area contributed by atoms with Crippen LogP contribution in [0.2, 0.25) is 0 Å². The molecule has 0 spiro atoms. The molecule has 0 aromatic carbocycles. The molecule has 0 aliphatic rings. The third-order valence-electron chi connectivity index (χ3n) is 1.79. The van der Waals surface area contributed by atoms with E-state index in [1.807, 2.05) is 0 Å². The van der Waals surface area contributed by atoms with E-state index >= 15 is 0 Å². The molecule has 0 bridgehead atoms. The smallest absolute Gasteiger partial charge is 0.465 e. The number of carbonyl (C=O) groups excluding carboxylic acids is 1. The highest BCUT2D eigenvalue weighted by Crippen LogP contribution is 2.29. The number of hydrogen-bond acceptors (Lipinski definition) is 6. The maximum Gasteiger partial charge on any atom is 0.574 e. The molecule has 0 fully saturated rings. The van der Waals surface area contributed by atoms with Crippen LogP contribution in [0, 0.1) is 10.1 Å². The van der Waals surface area contributed by atoms with E-state index in [0.717, 1.165) is 7.11 Å². The summed E-state index contributed by atoms with van der Waals surface area (Å²) in [5.41, 5.74) is -3.53. The number of rotatable bonds is 3. The van der Waals surface area contributed by atoms with Gasteiger partial charge in [-0.05, 0) is 0 Å². The Labute approximate surface area is 101 Å². The van der Waals surface area contributed by atoms with Crippen molar-refractivity contribution in [3.63, 3.8) is 0 Å². The van der Waals surface area contributed by atoms with Crippen molar-refractivity contribution in [1.82, 2.24) is 4.98 Å². The van der Waals surface area contributed by atoms with Crippen molar-refractivity contribution >= 4 is 11.7 Å². The van der Waals surface area contributed by atoms with Crippen molar-refractivity contribution in [3.8, 4) is 5.88 Å². The second-order valence-corrected chi connectivity index (χ2v) is 3.02. The molecule has 0 aliphatic carbocycles. The van der Waals surface area contributed by atoms with E-state index < -0.39 is 39.9 Å². The van der Waals surface area contributed by atoms with Crippen molar-refractivity contribution in [1.29, 1.82) is 0 Å². The number of nitrogens with one attached hydrogen (secondary N) is 1. The highest BCUT2D eigenvalue weighted by Gasteiger charge is 2.37. The summed E-state index contributed by atoms with van der Waals surface area (Å²) in [5.74, 6) is -2.86. The van der Waals surface area contributed by atoms with Crippen molar-refractivity contribution in [3.05, 3.63) is 32.1 Å². The summed E-state index contributed by atoms with van der Waals surface area (Å²) in [6.45, 7) is 0. The summed E-state index contributed by atoms with van der Waals surface area (Å²) in [7, 11) is 0.800. The average Bonchev–Trinajstić information content (AvgIpc) is 2.24. The van der Waals surface area contributed by atoms with E-state index in [-0.39, 0.29) is 0 Å². The highest BCUT2D eigenvalue weighted by molar-refractivity contribution is 5.96. The molecule has 0 aliphatic heterocycles. The number of alkyl halides is 3. The molecule has 0 unspecified atom stereocenters. The summed E-state index contributed by atoms with van der Waals surface area (Å²) in [6, 6.07) is 0.343. The normalized spacial score (nSPS) is 10.9. The fourth-order valence-corrected chi connectivity index (χ4v) is 1.16. The molecule has 19 heavy (non-hydrogen) atoms. The van der Waals surface area contributed by atoms with Gasteiger partial charge in [0.15, 0.2) is 5.56 Å². The number of H-pyrrole nitrogens is 1. The van der Waals surface area contributed by atoms with Crippen LogP contribution in [0.3, 0.4) is 0 Å². The Hall–Kier alpha value is -2.59. The Morgan fingerprint density at radius 3 is 2.47 bits per heavy atom. The van der Waals surface area contributed by atoms with Gasteiger partial charge in [0.2, 0.25) is 5.88 Å². The molecule has 1 N–H and O–H groups in total. The van der Waals surface area contributed by atoms with Crippen LogP contribution in [-0.2, 0) is 4.74 Å². The SMILES string of the molecule is COC(=O)c1c([N+](=O)[O-])cc(=O)[nH]c1OC(F)(F)F. The lowest BCUT2D eigenvalue weighted by atomic mass is 10.2. The van der Waals surface area contributed by atoms with Gasteiger partial charge in [-0.25, -0.2) is 4.79 Å². The molecular formula is C8H5F3N2O6. The molecule has 1 heterocycles. The quantitative estimate of drug-likeness (QED) is 0.502. The van der Waals surface area contributed by atoms with Crippen LogP contribution in [0.15, 0.2) is 10.9 Å². The van der Waals surface area contributed by atoms with Crippen molar-refractivity contribution in [2.75, 3.05) is 7.11 Å². The number of ether oxygens (including phenoxy) is 2. The van der Waals surface area contributed by atoms with E-state index in [1.165, 1.54) is 4.98 Å². The lowest BCUT2D eigenvalue weighted by Gasteiger charge is -2.11. The minimum atomic E-state index is -5.25. The van der Waals surface area contributed by atoms with E-state index in [1.54, 1.807) is 0 Å². The summed E-state index contributed by atoms with van der Waals surface area (Å²) < 4.78 is 43.7. The molecule has 8 nitrogen and oxygen atoms in total. The Morgan fingerprint density at radius 1 is 1.47 bits per heavy atom. The highest BCUT2D eigenvalue weighted by atomic mass is 19.4. The van der Waals surface area contributed by atoms with E-state index in [4.69, 9.17) is 0 Å². The van der Waals surface area contributed by atoms with Crippen LogP contribution >= 0.6 is 0 Å². The third kappa shape index (κ3) is 3.43. The summed E-state index contributed by atoms with van der Waals surface area (Å²) >= 11 is 0. The molecule has 1 aromatic heterocycles. The summed E-state index contributed by atoms with van der Waals surface area (Å²) in [6.07, 6.45) is -5.25. The van der Waals surface area contributed by atoms with Crippen molar-refractivity contribution in [2.24, 2.45) is 0 Å². The summed E-state index contributed by atoms with van der Waals surface area (Å²) in [5, 5.41) is 10.6. The van der Waals surface area contributed by atoms with Gasteiger partial charge in [-0.1, -0.05) is 0 Å². The Balaban J connectivity index is 3.55. The zero-order valence-electron chi connectivity index (χ0n) is 9.11. The fourth-order valence-electron chi connectivity index (χ4n) is 1.16. The molecule has 0 saturated heterocycles. The fraction of sp³-hybridized carbons (Fsp3) is 0.250. The predicted molar refractivity (Wildman–Crippen MR) is 51.7 cm³/mol.